The van der Waals surface area contributed by atoms with Crippen molar-refractivity contribution >= 4 is 17.6 Å². The van der Waals surface area contributed by atoms with Gasteiger partial charge in [0.05, 0.1) is 17.7 Å². The van der Waals surface area contributed by atoms with Crippen molar-refractivity contribution in [3.05, 3.63) is 59.7 Å². The first-order valence-electron chi connectivity index (χ1n) is 6.45. The van der Waals surface area contributed by atoms with E-state index in [1.807, 2.05) is 0 Å². The number of hydrogen-bond donors (Lipinski definition) is 1. The van der Waals surface area contributed by atoms with Crippen LogP contribution in [0.1, 0.15) is 27.6 Å². The van der Waals surface area contributed by atoms with Gasteiger partial charge in [0.25, 0.3) is 0 Å². The summed E-state index contributed by atoms with van der Waals surface area (Å²) in [5.41, 5.74) is 6.88. The summed E-state index contributed by atoms with van der Waals surface area (Å²) in [6, 6.07) is 12.6. The highest BCUT2D eigenvalue weighted by atomic mass is 16.5. The Labute approximate surface area is 122 Å². The van der Waals surface area contributed by atoms with E-state index in [0.29, 0.717) is 29.2 Å². The molecule has 2 aromatic rings. The van der Waals surface area contributed by atoms with E-state index in [4.69, 9.17) is 15.2 Å². The first-order chi connectivity index (χ1) is 10.1. The number of carbonyl (C=O) groups is 2. The predicted octanol–water partition coefficient (Wildman–Crippen LogP) is 2.66. The zero-order chi connectivity index (χ0) is 15.2. The largest absolute Gasteiger partial charge is 0.462 e. The summed E-state index contributed by atoms with van der Waals surface area (Å²) in [6.45, 7) is 2.04. The van der Waals surface area contributed by atoms with Crippen LogP contribution in [-0.2, 0) is 4.74 Å². The number of anilines is 1. The van der Waals surface area contributed by atoms with E-state index < -0.39 is 11.9 Å². The molecular formula is C16H15NO4. The van der Waals surface area contributed by atoms with Crippen LogP contribution in [0.5, 0.6) is 5.75 Å². The smallest absolute Gasteiger partial charge is 0.343 e. The molecule has 0 unspecified atom stereocenters. The van der Waals surface area contributed by atoms with E-state index in [0.717, 1.165) is 0 Å². The molecule has 0 aliphatic carbocycles. The summed E-state index contributed by atoms with van der Waals surface area (Å²) in [6.07, 6.45) is 0. The van der Waals surface area contributed by atoms with Crippen molar-refractivity contribution in [1.82, 2.24) is 0 Å². The third kappa shape index (κ3) is 3.82. The molecule has 0 fully saturated rings. The highest BCUT2D eigenvalue weighted by Crippen LogP contribution is 2.15. The fraction of sp³-hybridized carbons (Fsp3) is 0.125. The minimum absolute atomic E-state index is 0.305. The second-order valence-corrected chi connectivity index (χ2v) is 4.26. The van der Waals surface area contributed by atoms with E-state index in [1.165, 1.54) is 24.3 Å². The van der Waals surface area contributed by atoms with E-state index in [1.54, 1.807) is 31.2 Å². The lowest BCUT2D eigenvalue weighted by Crippen LogP contribution is -2.10. The fourth-order valence-corrected chi connectivity index (χ4v) is 1.66. The molecule has 108 valence electrons. The van der Waals surface area contributed by atoms with E-state index in [2.05, 4.69) is 0 Å². The van der Waals surface area contributed by atoms with Crippen molar-refractivity contribution in [2.75, 3.05) is 12.3 Å². The van der Waals surface area contributed by atoms with Crippen LogP contribution in [0.25, 0.3) is 0 Å². The van der Waals surface area contributed by atoms with Gasteiger partial charge >= 0.3 is 11.9 Å². The van der Waals surface area contributed by atoms with E-state index >= 15 is 0 Å². The lowest BCUT2D eigenvalue weighted by molar-refractivity contribution is 0.0525. The summed E-state index contributed by atoms with van der Waals surface area (Å²) < 4.78 is 10.1. The third-order valence-corrected chi connectivity index (χ3v) is 2.72. The number of rotatable bonds is 4. The van der Waals surface area contributed by atoms with Crippen molar-refractivity contribution in [2.24, 2.45) is 0 Å². The van der Waals surface area contributed by atoms with Crippen LogP contribution in [0.3, 0.4) is 0 Å². The first kappa shape index (κ1) is 14.6. The molecule has 0 bridgehead atoms. The van der Waals surface area contributed by atoms with Crippen LogP contribution in [0.2, 0.25) is 0 Å². The van der Waals surface area contributed by atoms with Gasteiger partial charge in [-0.05, 0) is 55.5 Å². The molecule has 0 aliphatic rings. The topological polar surface area (TPSA) is 78.6 Å². The number of hydrogen-bond acceptors (Lipinski definition) is 5. The predicted molar refractivity (Wildman–Crippen MR) is 78.2 cm³/mol. The SMILES string of the molecule is CCOC(=O)c1ccc(C(=O)Oc2ccc(N)cc2)cc1. The maximum Gasteiger partial charge on any atom is 0.343 e. The molecule has 0 aromatic heterocycles. The summed E-state index contributed by atoms with van der Waals surface area (Å²) in [7, 11) is 0. The summed E-state index contributed by atoms with van der Waals surface area (Å²) in [4.78, 5) is 23.4. The Morgan fingerprint density at radius 3 is 1.95 bits per heavy atom. The molecule has 0 amide bonds. The number of nitrogen functional groups attached to an aromatic ring is 1. The Hall–Kier alpha value is -2.82. The molecule has 0 atom stereocenters. The van der Waals surface area contributed by atoms with Crippen molar-refractivity contribution < 1.29 is 19.1 Å². The van der Waals surface area contributed by atoms with Gasteiger partial charge in [0.2, 0.25) is 0 Å². The Kier molecular flexibility index (Phi) is 4.56. The van der Waals surface area contributed by atoms with E-state index in [9.17, 15) is 9.59 Å². The molecule has 21 heavy (non-hydrogen) atoms. The molecular weight excluding hydrogens is 270 g/mol. The van der Waals surface area contributed by atoms with Crippen molar-refractivity contribution in [2.45, 2.75) is 6.92 Å². The Balaban J connectivity index is 2.06. The van der Waals surface area contributed by atoms with Crippen LogP contribution in [0.15, 0.2) is 48.5 Å². The molecule has 0 aliphatic heterocycles. The maximum atomic E-state index is 11.9. The first-order valence-corrected chi connectivity index (χ1v) is 6.45. The van der Waals surface area contributed by atoms with Crippen LogP contribution < -0.4 is 10.5 Å². The summed E-state index contributed by atoms with van der Waals surface area (Å²) >= 11 is 0. The lowest BCUT2D eigenvalue weighted by Gasteiger charge is -2.05. The summed E-state index contributed by atoms with van der Waals surface area (Å²) in [5.74, 6) is -0.519. The Morgan fingerprint density at radius 1 is 0.905 bits per heavy atom. The second-order valence-electron chi connectivity index (χ2n) is 4.26. The second kappa shape index (κ2) is 6.56. The third-order valence-electron chi connectivity index (χ3n) is 2.72. The normalized spacial score (nSPS) is 9.95. The van der Waals surface area contributed by atoms with Crippen molar-refractivity contribution in [1.29, 1.82) is 0 Å². The number of benzene rings is 2. The highest BCUT2D eigenvalue weighted by Gasteiger charge is 2.11. The van der Waals surface area contributed by atoms with Gasteiger partial charge in [-0.3, -0.25) is 0 Å². The van der Waals surface area contributed by atoms with Crippen LogP contribution >= 0.6 is 0 Å². The highest BCUT2D eigenvalue weighted by molar-refractivity contribution is 5.94. The zero-order valence-corrected chi connectivity index (χ0v) is 11.5. The number of carbonyl (C=O) groups excluding carboxylic acids is 2. The van der Waals surface area contributed by atoms with Crippen molar-refractivity contribution in [3.63, 3.8) is 0 Å². The van der Waals surface area contributed by atoms with Gasteiger partial charge in [-0.15, -0.1) is 0 Å². The molecule has 0 heterocycles. The minimum Gasteiger partial charge on any atom is -0.462 e. The van der Waals surface area contributed by atoms with Gasteiger partial charge in [0.15, 0.2) is 0 Å². The van der Waals surface area contributed by atoms with E-state index in [-0.39, 0.29) is 0 Å². The fourth-order valence-electron chi connectivity index (χ4n) is 1.66. The van der Waals surface area contributed by atoms with Gasteiger partial charge in [-0.1, -0.05) is 0 Å². The van der Waals surface area contributed by atoms with Gasteiger partial charge in [-0.2, -0.15) is 0 Å². The zero-order valence-electron chi connectivity index (χ0n) is 11.5. The Bertz CT molecular complexity index is 632. The number of esters is 2. The monoisotopic (exact) mass is 285 g/mol. The van der Waals surface area contributed by atoms with Gasteiger partial charge in [0, 0.05) is 5.69 Å². The molecule has 2 aromatic carbocycles. The van der Waals surface area contributed by atoms with Crippen LogP contribution in [-0.4, -0.2) is 18.5 Å². The van der Waals surface area contributed by atoms with Crippen LogP contribution in [0, 0.1) is 0 Å². The van der Waals surface area contributed by atoms with Gasteiger partial charge < -0.3 is 15.2 Å². The van der Waals surface area contributed by atoms with Gasteiger partial charge in [-0.25, -0.2) is 9.59 Å². The molecule has 0 spiro atoms. The lowest BCUT2D eigenvalue weighted by atomic mass is 10.1. The molecule has 2 N–H and O–H groups in total. The molecule has 5 heteroatoms. The molecule has 0 saturated carbocycles. The molecule has 0 saturated heterocycles. The molecule has 2 rings (SSSR count). The maximum absolute atomic E-state index is 11.9. The quantitative estimate of drug-likeness (QED) is 0.531. The van der Waals surface area contributed by atoms with Gasteiger partial charge in [0.1, 0.15) is 5.75 Å². The number of ether oxygens (including phenoxy) is 2. The Morgan fingerprint density at radius 2 is 1.43 bits per heavy atom. The standard InChI is InChI=1S/C16H15NO4/c1-2-20-15(18)11-3-5-12(6-4-11)16(19)21-14-9-7-13(17)8-10-14/h3-10H,2,17H2,1H3. The molecule has 5 nitrogen and oxygen atoms in total. The summed E-state index contributed by atoms with van der Waals surface area (Å²) in [5, 5.41) is 0. The van der Waals surface area contributed by atoms with Crippen LogP contribution in [0.4, 0.5) is 5.69 Å². The average Bonchev–Trinajstić information content (AvgIpc) is 2.50. The molecule has 0 radical (unpaired) electrons. The number of nitrogens with two attached hydrogens (primary N) is 1. The average molecular weight is 285 g/mol. The minimum atomic E-state index is -0.504. The van der Waals surface area contributed by atoms with Crippen molar-refractivity contribution in [3.8, 4) is 5.75 Å².